The summed E-state index contributed by atoms with van der Waals surface area (Å²) in [6, 6.07) is 0. The first-order valence-electron chi connectivity index (χ1n) is 9.30. The van der Waals surface area contributed by atoms with Gasteiger partial charge in [0, 0.05) is 30.9 Å². The highest BCUT2D eigenvalue weighted by molar-refractivity contribution is 5.93. The van der Waals surface area contributed by atoms with Crippen molar-refractivity contribution in [1.29, 1.82) is 0 Å². The number of amides is 1. The van der Waals surface area contributed by atoms with Crippen LogP contribution in [0.1, 0.15) is 60.8 Å². The highest BCUT2D eigenvalue weighted by Gasteiger charge is 2.34. The van der Waals surface area contributed by atoms with Gasteiger partial charge in [-0.2, -0.15) is 5.10 Å². The monoisotopic (exact) mass is 334 g/mol. The molecule has 1 aromatic rings. The van der Waals surface area contributed by atoms with E-state index in [2.05, 4.69) is 22.0 Å². The lowest BCUT2D eigenvalue weighted by Crippen LogP contribution is -2.43. The number of rotatable bonds is 4. The molecule has 0 aromatic carbocycles. The Labute approximate surface area is 144 Å². The molecule has 0 bridgehead atoms. The van der Waals surface area contributed by atoms with Gasteiger partial charge in [0.25, 0.3) is 5.91 Å². The quantitative estimate of drug-likeness (QED) is 0.880. The predicted molar refractivity (Wildman–Crippen MR) is 93.1 cm³/mol. The third kappa shape index (κ3) is 3.64. The Kier molecular flexibility index (Phi) is 5.25. The fourth-order valence-corrected chi connectivity index (χ4v) is 4.03. The van der Waals surface area contributed by atoms with Gasteiger partial charge in [-0.05, 0) is 58.5 Å². The molecule has 0 spiro atoms. The first kappa shape index (κ1) is 17.4. The molecule has 1 amide bonds. The summed E-state index contributed by atoms with van der Waals surface area (Å²) in [7, 11) is 0. The van der Waals surface area contributed by atoms with Crippen molar-refractivity contribution in [2.24, 2.45) is 0 Å². The molecule has 24 heavy (non-hydrogen) atoms. The maximum Gasteiger partial charge on any atom is 0.274 e. The van der Waals surface area contributed by atoms with Crippen LogP contribution in [0.25, 0.3) is 0 Å². The molecule has 6 heteroatoms. The van der Waals surface area contributed by atoms with Crippen molar-refractivity contribution in [3.63, 3.8) is 0 Å². The summed E-state index contributed by atoms with van der Waals surface area (Å²) in [6.45, 7) is 8.26. The molecule has 2 aliphatic rings. The molecule has 2 aliphatic heterocycles. The molecule has 1 aromatic heterocycles. The summed E-state index contributed by atoms with van der Waals surface area (Å²) in [5.74, 6) is -0.00567. The number of aromatic amines is 1. The SMILES string of the molecule is CCc1[nH]nc(C(=O)N2CCCC(O)(CN3CCCC3)CC2)c1C. The number of aromatic nitrogens is 2. The van der Waals surface area contributed by atoms with E-state index < -0.39 is 5.60 Å². The molecule has 1 atom stereocenters. The largest absolute Gasteiger partial charge is 0.388 e. The van der Waals surface area contributed by atoms with Crippen LogP contribution in [0.3, 0.4) is 0 Å². The number of β-amino-alcohol motifs (C(OH)–C–C–N with tert-alkyl or cyclic N) is 1. The van der Waals surface area contributed by atoms with Crippen molar-refractivity contribution < 1.29 is 9.90 Å². The minimum Gasteiger partial charge on any atom is -0.388 e. The van der Waals surface area contributed by atoms with Crippen LogP contribution in [0.2, 0.25) is 0 Å². The Morgan fingerprint density at radius 3 is 2.62 bits per heavy atom. The molecule has 3 heterocycles. The number of nitrogens with zero attached hydrogens (tertiary/aromatic N) is 3. The number of hydrogen-bond donors (Lipinski definition) is 2. The number of nitrogens with one attached hydrogen (secondary N) is 1. The van der Waals surface area contributed by atoms with Crippen molar-refractivity contribution >= 4 is 5.91 Å². The van der Waals surface area contributed by atoms with Crippen molar-refractivity contribution in [2.45, 2.75) is 58.0 Å². The molecule has 6 nitrogen and oxygen atoms in total. The number of hydrogen-bond acceptors (Lipinski definition) is 4. The maximum atomic E-state index is 12.8. The fourth-order valence-electron chi connectivity index (χ4n) is 4.03. The van der Waals surface area contributed by atoms with Crippen LogP contribution < -0.4 is 0 Å². The van der Waals surface area contributed by atoms with Crippen LogP contribution >= 0.6 is 0 Å². The molecule has 2 saturated heterocycles. The van der Waals surface area contributed by atoms with Gasteiger partial charge in [0.2, 0.25) is 0 Å². The van der Waals surface area contributed by atoms with Gasteiger partial charge in [0.05, 0.1) is 5.60 Å². The molecule has 2 N–H and O–H groups in total. The van der Waals surface area contributed by atoms with Crippen molar-refractivity contribution in [2.75, 3.05) is 32.7 Å². The van der Waals surface area contributed by atoms with E-state index in [-0.39, 0.29) is 5.91 Å². The zero-order chi connectivity index (χ0) is 17.2. The van der Waals surface area contributed by atoms with E-state index in [1.54, 1.807) is 0 Å². The van der Waals surface area contributed by atoms with Gasteiger partial charge in [-0.25, -0.2) is 0 Å². The summed E-state index contributed by atoms with van der Waals surface area (Å²) >= 11 is 0. The van der Waals surface area contributed by atoms with Crippen LogP contribution in [0, 0.1) is 6.92 Å². The molecule has 0 radical (unpaired) electrons. The molecule has 0 saturated carbocycles. The number of aliphatic hydroxyl groups is 1. The van der Waals surface area contributed by atoms with Crippen molar-refractivity contribution in [1.82, 2.24) is 20.0 Å². The van der Waals surface area contributed by atoms with Gasteiger partial charge in [-0.3, -0.25) is 9.89 Å². The smallest absolute Gasteiger partial charge is 0.274 e. The van der Waals surface area contributed by atoms with Gasteiger partial charge < -0.3 is 14.9 Å². The number of likely N-dealkylation sites (tertiary alicyclic amines) is 2. The molecular formula is C18H30N4O2. The first-order chi connectivity index (χ1) is 11.5. The Bertz CT molecular complexity index is 580. The van der Waals surface area contributed by atoms with Crippen LogP contribution in [0.15, 0.2) is 0 Å². The summed E-state index contributed by atoms with van der Waals surface area (Å²) < 4.78 is 0. The summed E-state index contributed by atoms with van der Waals surface area (Å²) in [4.78, 5) is 17.0. The maximum absolute atomic E-state index is 12.8. The van der Waals surface area contributed by atoms with Crippen LogP contribution in [0.5, 0.6) is 0 Å². The molecular weight excluding hydrogens is 304 g/mol. The first-order valence-corrected chi connectivity index (χ1v) is 9.30. The van der Waals surface area contributed by atoms with Gasteiger partial charge >= 0.3 is 0 Å². The normalized spacial score (nSPS) is 25.9. The van der Waals surface area contributed by atoms with Crippen molar-refractivity contribution in [3.05, 3.63) is 17.0 Å². The average Bonchev–Trinajstić information content (AvgIpc) is 3.14. The van der Waals surface area contributed by atoms with Crippen molar-refractivity contribution in [3.8, 4) is 0 Å². The zero-order valence-corrected chi connectivity index (χ0v) is 15.0. The summed E-state index contributed by atoms with van der Waals surface area (Å²) in [5, 5.41) is 18.2. The van der Waals surface area contributed by atoms with Crippen LogP contribution in [-0.4, -0.2) is 69.3 Å². The summed E-state index contributed by atoms with van der Waals surface area (Å²) in [5.41, 5.74) is 1.86. The highest BCUT2D eigenvalue weighted by Crippen LogP contribution is 2.26. The van der Waals surface area contributed by atoms with Gasteiger partial charge in [0.1, 0.15) is 0 Å². The predicted octanol–water partition coefficient (Wildman–Crippen LogP) is 1.73. The lowest BCUT2D eigenvalue weighted by Gasteiger charge is -2.31. The lowest BCUT2D eigenvalue weighted by atomic mass is 9.94. The van der Waals surface area contributed by atoms with Gasteiger partial charge in [-0.15, -0.1) is 0 Å². The third-order valence-electron chi connectivity index (χ3n) is 5.59. The average molecular weight is 334 g/mol. The number of aryl methyl sites for hydroxylation is 1. The standard InChI is InChI=1S/C18H30N4O2/c1-3-15-14(2)16(20-19-15)17(23)22-11-6-7-18(24,8-12-22)13-21-9-4-5-10-21/h24H,3-13H2,1-2H3,(H,19,20). The fraction of sp³-hybridized carbons (Fsp3) is 0.778. The second-order valence-corrected chi connectivity index (χ2v) is 7.38. The van der Waals surface area contributed by atoms with Gasteiger partial charge in [-0.1, -0.05) is 6.92 Å². The second-order valence-electron chi connectivity index (χ2n) is 7.38. The second kappa shape index (κ2) is 7.23. The number of H-pyrrole nitrogens is 1. The van der Waals surface area contributed by atoms with E-state index in [4.69, 9.17) is 0 Å². The molecule has 1 unspecified atom stereocenters. The van der Waals surface area contributed by atoms with E-state index in [9.17, 15) is 9.90 Å². The van der Waals surface area contributed by atoms with Gasteiger partial charge in [0.15, 0.2) is 5.69 Å². The van der Waals surface area contributed by atoms with E-state index in [0.29, 0.717) is 25.2 Å². The minimum absolute atomic E-state index is 0.00567. The number of carbonyl (C=O) groups excluding carboxylic acids is 1. The lowest BCUT2D eigenvalue weighted by molar-refractivity contribution is -0.00291. The molecule has 0 aliphatic carbocycles. The van der Waals surface area contributed by atoms with E-state index in [1.807, 2.05) is 11.8 Å². The topological polar surface area (TPSA) is 72.5 Å². The minimum atomic E-state index is -0.658. The van der Waals surface area contributed by atoms with E-state index in [0.717, 1.165) is 50.2 Å². The Morgan fingerprint density at radius 1 is 1.21 bits per heavy atom. The Hall–Kier alpha value is -1.40. The Morgan fingerprint density at radius 2 is 1.96 bits per heavy atom. The van der Waals surface area contributed by atoms with E-state index >= 15 is 0 Å². The molecule has 2 fully saturated rings. The summed E-state index contributed by atoms with van der Waals surface area (Å²) in [6.07, 6.45) is 5.59. The van der Waals surface area contributed by atoms with Crippen LogP contribution in [-0.2, 0) is 6.42 Å². The molecule has 134 valence electrons. The Balaban J connectivity index is 1.64. The number of carbonyl (C=O) groups is 1. The highest BCUT2D eigenvalue weighted by atomic mass is 16.3. The zero-order valence-electron chi connectivity index (χ0n) is 15.0. The molecule has 3 rings (SSSR count). The van der Waals surface area contributed by atoms with Crippen LogP contribution in [0.4, 0.5) is 0 Å². The van der Waals surface area contributed by atoms with E-state index in [1.165, 1.54) is 12.8 Å². The third-order valence-corrected chi connectivity index (χ3v) is 5.59.